The average Bonchev–Trinajstić information content (AvgIpc) is 2.35. The van der Waals surface area contributed by atoms with E-state index in [0.717, 1.165) is 13.0 Å². The summed E-state index contributed by atoms with van der Waals surface area (Å²) in [6, 6.07) is 2.78. The molecule has 0 spiro atoms. The molecule has 0 heterocycles. The zero-order valence-electron chi connectivity index (χ0n) is 12.6. The van der Waals surface area contributed by atoms with Crippen molar-refractivity contribution in [2.75, 3.05) is 45.2 Å². The first-order chi connectivity index (χ1) is 9.49. The quantitative estimate of drug-likeness (QED) is 0.795. The van der Waals surface area contributed by atoms with Crippen LogP contribution >= 0.6 is 0 Å². The number of hydrogen-bond donors (Lipinski definition) is 1. The maximum absolute atomic E-state index is 14.2. The van der Waals surface area contributed by atoms with Gasteiger partial charge < -0.3 is 15.5 Å². The fourth-order valence-corrected chi connectivity index (χ4v) is 2.16. The lowest BCUT2D eigenvalue weighted by Crippen LogP contribution is -2.33. The minimum Gasteiger partial charge on any atom is -0.366 e. The largest absolute Gasteiger partial charge is 0.366 e. The SMILES string of the molecule is CCCN(CCN(C)C)c1c(F)cc(CCN)cc1F. The molecule has 20 heavy (non-hydrogen) atoms. The molecule has 0 aliphatic rings. The molecule has 1 rings (SSSR count). The molecule has 0 saturated heterocycles. The number of anilines is 1. The molecular formula is C15H25F2N3. The van der Waals surface area contributed by atoms with Gasteiger partial charge in [-0.2, -0.15) is 0 Å². The summed E-state index contributed by atoms with van der Waals surface area (Å²) in [7, 11) is 3.89. The molecule has 5 heteroatoms. The first-order valence-electron chi connectivity index (χ1n) is 7.07. The predicted molar refractivity (Wildman–Crippen MR) is 80.2 cm³/mol. The van der Waals surface area contributed by atoms with Crippen LogP contribution in [-0.4, -0.2) is 45.2 Å². The third-order valence-electron chi connectivity index (χ3n) is 3.14. The highest BCUT2D eigenvalue weighted by molar-refractivity contribution is 5.50. The summed E-state index contributed by atoms with van der Waals surface area (Å²) in [4.78, 5) is 3.78. The monoisotopic (exact) mass is 285 g/mol. The summed E-state index contributed by atoms with van der Waals surface area (Å²) in [6.45, 7) is 4.38. The standard InChI is InChI=1S/C15H25F2N3/c1-4-7-20(9-8-19(2)3)15-13(16)10-12(5-6-18)11-14(15)17/h10-11H,4-9,18H2,1-3H3. The van der Waals surface area contributed by atoms with Crippen molar-refractivity contribution in [1.29, 1.82) is 0 Å². The van der Waals surface area contributed by atoms with Gasteiger partial charge in [0.1, 0.15) is 17.3 Å². The Kier molecular flexibility index (Phi) is 6.88. The maximum Gasteiger partial charge on any atom is 0.149 e. The predicted octanol–water partition coefficient (Wildman–Crippen LogP) is 2.24. The molecule has 0 bridgehead atoms. The highest BCUT2D eigenvalue weighted by Gasteiger charge is 2.17. The van der Waals surface area contributed by atoms with Gasteiger partial charge in [-0.1, -0.05) is 6.92 Å². The Balaban J connectivity index is 3.00. The van der Waals surface area contributed by atoms with Gasteiger partial charge in [0, 0.05) is 19.6 Å². The van der Waals surface area contributed by atoms with Crippen LogP contribution in [0, 0.1) is 11.6 Å². The Morgan fingerprint density at radius 1 is 1.05 bits per heavy atom. The highest BCUT2D eigenvalue weighted by Crippen LogP contribution is 2.25. The molecule has 0 atom stereocenters. The summed E-state index contributed by atoms with van der Waals surface area (Å²) in [6.07, 6.45) is 1.33. The maximum atomic E-state index is 14.2. The molecule has 0 saturated carbocycles. The second kappa shape index (κ2) is 8.17. The van der Waals surface area contributed by atoms with Gasteiger partial charge in [0.05, 0.1) is 0 Å². The first-order valence-corrected chi connectivity index (χ1v) is 7.07. The van der Waals surface area contributed by atoms with Gasteiger partial charge in [0.15, 0.2) is 0 Å². The number of likely N-dealkylation sites (N-methyl/N-ethyl adjacent to an activating group) is 1. The van der Waals surface area contributed by atoms with Crippen molar-refractivity contribution < 1.29 is 8.78 Å². The number of nitrogens with zero attached hydrogens (tertiary/aromatic N) is 2. The second-order valence-corrected chi connectivity index (χ2v) is 5.24. The van der Waals surface area contributed by atoms with Crippen molar-refractivity contribution in [3.63, 3.8) is 0 Å². The molecule has 0 unspecified atom stereocenters. The number of nitrogens with two attached hydrogens (primary N) is 1. The molecule has 0 fully saturated rings. The van der Waals surface area contributed by atoms with Crippen LogP contribution in [0.1, 0.15) is 18.9 Å². The number of halogens is 2. The Hall–Kier alpha value is -1.20. The summed E-state index contributed by atoms with van der Waals surface area (Å²) < 4.78 is 28.4. The van der Waals surface area contributed by atoms with E-state index >= 15 is 0 Å². The molecule has 0 aliphatic heterocycles. The van der Waals surface area contributed by atoms with Crippen LogP contribution in [0.5, 0.6) is 0 Å². The molecule has 0 aliphatic carbocycles. The van der Waals surface area contributed by atoms with Crippen LogP contribution in [0.4, 0.5) is 14.5 Å². The Bertz CT molecular complexity index is 399. The van der Waals surface area contributed by atoms with Gasteiger partial charge in [-0.25, -0.2) is 8.78 Å². The van der Waals surface area contributed by atoms with E-state index in [4.69, 9.17) is 5.73 Å². The van der Waals surface area contributed by atoms with E-state index in [-0.39, 0.29) is 5.69 Å². The number of hydrogen-bond acceptors (Lipinski definition) is 3. The van der Waals surface area contributed by atoms with Crippen LogP contribution in [0.3, 0.4) is 0 Å². The van der Waals surface area contributed by atoms with Crippen LogP contribution in [-0.2, 0) is 6.42 Å². The van der Waals surface area contributed by atoms with E-state index in [1.165, 1.54) is 12.1 Å². The van der Waals surface area contributed by atoms with E-state index in [0.29, 0.717) is 31.6 Å². The van der Waals surface area contributed by atoms with E-state index in [1.807, 2.05) is 25.9 Å². The lowest BCUT2D eigenvalue weighted by Gasteiger charge is -2.27. The van der Waals surface area contributed by atoms with E-state index < -0.39 is 11.6 Å². The molecule has 2 N–H and O–H groups in total. The molecule has 3 nitrogen and oxygen atoms in total. The summed E-state index contributed by atoms with van der Waals surface area (Å²) in [5.41, 5.74) is 6.11. The zero-order valence-corrected chi connectivity index (χ0v) is 12.6. The fraction of sp³-hybridized carbons (Fsp3) is 0.600. The van der Waals surface area contributed by atoms with Crippen molar-refractivity contribution in [2.24, 2.45) is 5.73 Å². The van der Waals surface area contributed by atoms with Gasteiger partial charge in [-0.3, -0.25) is 0 Å². The van der Waals surface area contributed by atoms with E-state index in [2.05, 4.69) is 0 Å². The van der Waals surface area contributed by atoms with Crippen molar-refractivity contribution in [3.05, 3.63) is 29.3 Å². The Morgan fingerprint density at radius 2 is 1.65 bits per heavy atom. The zero-order chi connectivity index (χ0) is 15.1. The third kappa shape index (κ3) is 4.72. The number of rotatable bonds is 8. The molecule has 114 valence electrons. The minimum atomic E-state index is -0.499. The van der Waals surface area contributed by atoms with Gasteiger partial charge >= 0.3 is 0 Å². The smallest absolute Gasteiger partial charge is 0.149 e. The fourth-order valence-electron chi connectivity index (χ4n) is 2.16. The van der Waals surface area contributed by atoms with Crippen molar-refractivity contribution >= 4 is 5.69 Å². The number of benzene rings is 1. The second-order valence-electron chi connectivity index (χ2n) is 5.24. The van der Waals surface area contributed by atoms with Gasteiger partial charge in [-0.15, -0.1) is 0 Å². The lowest BCUT2D eigenvalue weighted by molar-refractivity contribution is 0.410. The molecular weight excluding hydrogens is 260 g/mol. The average molecular weight is 285 g/mol. The van der Waals surface area contributed by atoms with Crippen LogP contribution in [0.2, 0.25) is 0 Å². The minimum absolute atomic E-state index is 0.0782. The van der Waals surface area contributed by atoms with E-state index in [1.54, 1.807) is 4.90 Å². The third-order valence-corrected chi connectivity index (χ3v) is 3.14. The Morgan fingerprint density at radius 3 is 2.10 bits per heavy atom. The lowest BCUT2D eigenvalue weighted by atomic mass is 10.1. The summed E-state index contributed by atoms with van der Waals surface area (Å²) >= 11 is 0. The summed E-state index contributed by atoms with van der Waals surface area (Å²) in [5.74, 6) is -0.999. The van der Waals surface area contributed by atoms with E-state index in [9.17, 15) is 8.78 Å². The highest BCUT2D eigenvalue weighted by atomic mass is 19.1. The van der Waals surface area contributed by atoms with Crippen molar-refractivity contribution in [2.45, 2.75) is 19.8 Å². The summed E-state index contributed by atoms with van der Waals surface area (Å²) in [5, 5.41) is 0. The molecule has 0 aromatic heterocycles. The first kappa shape index (κ1) is 16.9. The van der Waals surface area contributed by atoms with Gasteiger partial charge in [0.2, 0.25) is 0 Å². The van der Waals surface area contributed by atoms with Gasteiger partial charge in [0.25, 0.3) is 0 Å². The van der Waals surface area contributed by atoms with Crippen molar-refractivity contribution in [3.8, 4) is 0 Å². The van der Waals surface area contributed by atoms with Crippen molar-refractivity contribution in [1.82, 2.24) is 4.90 Å². The molecule has 1 aromatic rings. The van der Waals surface area contributed by atoms with Crippen LogP contribution in [0.15, 0.2) is 12.1 Å². The molecule has 0 radical (unpaired) electrons. The van der Waals surface area contributed by atoms with Crippen LogP contribution in [0.25, 0.3) is 0 Å². The van der Waals surface area contributed by atoms with Crippen LogP contribution < -0.4 is 10.6 Å². The normalized spacial score (nSPS) is 11.2. The topological polar surface area (TPSA) is 32.5 Å². The molecule has 1 aromatic carbocycles. The molecule has 0 amide bonds. The Labute approximate surface area is 120 Å². The van der Waals surface area contributed by atoms with Gasteiger partial charge in [-0.05, 0) is 51.2 Å².